The number of hydrogen-bond acceptors (Lipinski definition) is 4. The summed E-state index contributed by atoms with van der Waals surface area (Å²) in [5.74, 6) is -0.228. The van der Waals surface area contributed by atoms with Gasteiger partial charge in [-0.25, -0.2) is 0 Å². The number of nitrogens with zero attached hydrogens (tertiary/aromatic N) is 1. The van der Waals surface area contributed by atoms with E-state index >= 15 is 0 Å². The van der Waals surface area contributed by atoms with Crippen LogP contribution >= 0.6 is 0 Å². The van der Waals surface area contributed by atoms with Crippen LogP contribution in [0.15, 0.2) is 30.3 Å². The Kier molecular flexibility index (Phi) is 9.69. The minimum atomic E-state index is -0.604. The second kappa shape index (κ2) is 12.0. The van der Waals surface area contributed by atoms with E-state index in [9.17, 15) is 14.4 Å². The zero-order valence-electron chi connectivity index (χ0n) is 20.1. The van der Waals surface area contributed by atoms with E-state index in [4.69, 9.17) is 5.73 Å². The average Bonchev–Trinajstić information content (AvgIpc) is 2.76. The third-order valence-corrected chi connectivity index (χ3v) is 6.13. The van der Waals surface area contributed by atoms with Crippen molar-refractivity contribution in [2.24, 2.45) is 23.5 Å². The molecule has 1 unspecified atom stereocenters. The maximum atomic E-state index is 12.9. The molecule has 178 valence electrons. The molecule has 7 nitrogen and oxygen atoms in total. The third kappa shape index (κ3) is 7.33. The number of rotatable bonds is 9. The van der Waals surface area contributed by atoms with Crippen LogP contribution in [-0.4, -0.2) is 47.8 Å². The molecule has 7 heteroatoms. The number of amides is 3. The van der Waals surface area contributed by atoms with E-state index < -0.39 is 12.1 Å². The lowest BCUT2D eigenvalue weighted by atomic mass is 9.93. The summed E-state index contributed by atoms with van der Waals surface area (Å²) in [7, 11) is 0. The van der Waals surface area contributed by atoms with Crippen LogP contribution < -0.4 is 16.4 Å². The number of nitrogens with two attached hydrogens (primary N) is 1. The van der Waals surface area contributed by atoms with E-state index in [1.165, 1.54) is 0 Å². The summed E-state index contributed by atoms with van der Waals surface area (Å²) in [5, 5.41) is 5.97. The van der Waals surface area contributed by atoms with Crippen LogP contribution in [0.5, 0.6) is 0 Å². The van der Waals surface area contributed by atoms with Crippen molar-refractivity contribution in [2.45, 2.75) is 72.0 Å². The normalized spacial score (nSPS) is 17.7. The lowest BCUT2D eigenvalue weighted by Gasteiger charge is -2.34. The molecule has 1 fully saturated rings. The van der Waals surface area contributed by atoms with Gasteiger partial charge in [0.05, 0.1) is 12.1 Å². The van der Waals surface area contributed by atoms with Crippen molar-refractivity contribution < 1.29 is 14.4 Å². The van der Waals surface area contributed by atoms with Crippen LogP contribution in [0.1, 0.15) is 65.5 Å². The Hall–Kier alpha value is -2.41. The maximum absolute atomic E-state index is 12.9. The van der Waals surface area contributed by atoms with E-state index in [2.05, 4.69) is 10.6 Å². The van der Waals surface area contributed by atoms with Crippen LogP contribution in [0.4, 0.5) is 0 Å². The predicted octanol–water partition coefficient (Wildman–Crippen LogP) is 2.62. The maximum Gasteiger partial charge on any atom is 0.243 e. The Morgan fingerprint density at radius 3 is 2.12 bits per heavy atom. The number of carbonyl (C=O) groups is 3. The predicted molar refractivity (Wildman–Crippen MR) is 127 cm³/mol. The molecule has 0 saturated carbocycles. The van der Waals surface area contributed by atoms with Gasteiger partial charge in [0.1, 0.15) is 6.04 Å². The van der Waals surface area contributed by atoms with Crippen molar-refractivity contribution in [1.29, 1.82) is 0 Å². The fourth-order valence-corrected chi connectivity index (χ4v) is 4.14. The van der Waals surface area contributed by atoms with Gasteiger partial charge in [0, 0.05) is 19.0 Å². The molecule has 1 heterocycles. The molecule has 3 atom stereocenters. The Morgan fingerprint density at radius 1 is 1.00 bits per heavy atom. The SMILES string of the molecule is CC(C)C[C@H](N)C(=O)N1CCC(C(=O)N[C@H](C(=O)NC(C)c2ccccc2)C(C)C)CC1. The molecule has 32 heavy (non-hydrogen) atoms. The molecule has 1 saturated heterocycles. The van der Waals surface area contributed by atoms with Gasteiger partial charge in [0.15, 0.2) is 0 Å². The molecule has 0 aromatic heterocycles. The third-order valence-electron chi connectivity index (χ3n) is 6.13. The summed E-state index contributed by atoms with van der Waals surface area (Å²) in [6, 6.07) is 8.51. The fourth-order valence-electron chi connectivity index (χ4n) is 4.14. The monoisotopic (exact) mass is 444 g/mol. The Balaban J connectivity index is 1.89. The number of piperidine rings is 1. The van der Waals surface area contributed by atoms with Gasteiger partial charge < -0.3 is 21.3 Å². The van der Waals surface area contributed by atoms with Crippen LogP contribution in [0.2, 0.25) is 0 Å². The van der Waals surface area contributed by atoms with Gasteiger partial charge in [-0.2, -0.15) is 0 Å². The molecule has 1 aliphatic rings. The Morgan fingerprint density at radius 2 is 1.59 bits per heavy atom. The molecule has 2 rings (SSSR count). The van der Waals surface area contributed by atoms with E-state index in [0.717, 1.165) is 5.56 Å². The number of carbonyl (C=O) groups excluding carboxylic acids is 3. The van der Waals surface area contributed by atoms with E-state index in [0.29, 0.717) is 38.3 Å². The van der Waals surface area contributed by atoms with E-state index in [1.807, 2.05) is 65.0 Å². The van der Waals surface area contributed by atoms with E-state index in [1.54, 1.807) is 4.90 Å². The molecule has 4 N–H and O–H groups in total. The second-order valence-electron chi connectivity index (χ2n) is 9.71. The lowest BCUT2D eigenvalue weighted by Crippen LogP contribution is -2.53. The first-order chi connectivity index (χ1) is 15.1. The first kappa shape index (κ1) is 25.8. The molecule has 0 radical (unpaired) electrons. The summed E-state index contributed by atoms with van der Waals surface area (Å²) in [6.07, 6.45) is 1.82. The lowest BCUT2D eigenvalue weighted by molar-refractivity contribution is -0.138. The second-order valence-corrected chi connectivity index (χ2v) is 9.71. The fraction of sp³-hybridized carbons (Fsp3) is 0.640. The molecule has 1 aliphatic heterocycles. The summed E-state index contributed by atoms with van der Waals surface area (Å²) >= 11 is 0. The van der Waals surface area contributed by atoms with Crippen LogP contribution in [-0.2, 0) is 14.4 Å². The van der Waals surface area contributed by atoms with Crippen molar-refractivity contribution in [1.82, 2.24) is 15.5 Å². The van der Waals surface area contributed by atoms with Gasteiger partial charge >= 0.3 is 0 Å². The van der Waals surface area contributed by atoms with Crippen LogP contribution in [0, 0.1) is 17.8 Å². The molecule has 0 spiro atoms. The smallest absolute Gasteiger partial charge is 0.243 e. The highest BCUT2D eigenvalue weighted by molar-refractivity contribution is 5.89. The highest BCUT2D eigenvalue weighted by atomic mass is 16.2. The quantitative estimate of drug-likeness (QED) is 0.544. The summed E-state index contributed by atoms with van der Waals surface area (Å²) in [4.78, 5) is 40.1. The number of benzene rings is 1. The van der Waals surface area contributed by atoms with E-state index in [-0.39, 0.29) is 35.6 Å². The molecule has 1 aromatic rings. The first-order valence-corrected chi connectivity index (χ1v) is 11.8. The molecule has 0 bridgehead atoms. The summed E-state index contributed by atoms with van der Waals surface area (Å²) < 4.78 is 0. The van der Waals surface area contributed by atoms with Gasteiger partial charge in [-0.15, -0.1) is 0 Å². The van der Waals surface area contributed by atoms with Gasteiger partial charge in [0.25, 0.3) is 0 Å². The van der Waals surface area contributed by atoms with Gasteiger partial charge in [-0.3, -0.25) is 14.4 Å². The number of hydrogen-bond donors (Lipinski definition) is 3. The van der Waals surface area contributed by atoms with Crippen molar-refractivity contribution in [2.75, 3.05) is 13.1 Å². The minimum absolute atomic E-state index is 0.0353. The largest absolute Gasteiger partial charge is 0.348 e. The molecule has 1 aromatic carbocycles. The zero-order chi connectivity index (χ0) is 23.8. The first-order valence-electron chi connectivity index (χ1n) is 11.8. The average molecular weight is 445 g/mol. The van der Waals surface area contributed by atoms with Crippen molar-refractivity contribution in [3.63, 3.8) is 0 Å². The Labute approximate surface area is 192 Å². The number of likely N-dealkylation sites (tertiary alicyclic amines) is 1. The van der Waals surface area contributed by atoms with Gasteiger partial charge in [-0.05, 0) is 43.6 Å². The Bertz CT molecular complexity index is 758. The highest BCUT2D eigenvalue weighted by Gasteiger charge is 2.32. The van der Waals surface area contributed by atoms with Gasteiger partial charge in [-0.1, -0.05) is 58.0 Å². The highest BCUT2D eigenvalue weighted by Crippen LogP contribution is 2.20. The number of nitrogens with one attached hydrogen (secondary N) is 2. The van der Waals surface area contributed by atoms with Crippen LogP contribution in [0.3, 0.4) is 0 Å². The topological polar surface area (TPSA) is 105 Å². The molecular formula is C25H40N4O3. The minimum Gasteiger partial charge on any atom is -0.348 e. The van der Waals surface area contributed by atoms with Crippen molar-refractivity contribution >= 4 is 17.7 Å². The van der Waals surface area contributed by atoms with Crippen LogP contribution in [0.25, 0.3) is 0 Å². The molecule has 0 aliphatic carbocycles. The van der Waals surface area contributed by atoms with Crippen molar-refractivity contribution in [3.8, 4) is 0 Å². The van der Waals surface area contributed by atoms with Gasteiger partial charge in [0.2, 0.25) is 17.7 Å². The summed E-state index contributed by atoms with van der Waals surface area (Å²) in [5.41, 5.74) is 7.06. The molecule has 3 amide bonds. The zero-order valence-corrected chi connectivity index (χ0v) is 20.1. The molecular weight excluding hydrogens is 404 g/mol. The summed E-state index contributed by atoms with van der Waals surface area (Å²) in [6.45, 7) is 10.9. The standard InChI is InChI=1S/C25H40N4O3/c1-16(2)15-21(26)25(32)29-13-11-20(12-14-29)23(30)28-22(17(3)4)24(31)27-18(5)19-9-7-6-8-10-19/h6-10,16-18,20-22H,11-15,26H2,1-5H3,(H,27,31)(H,28,30)/t18?,21-,22-/m0/s1. The van der Waals surface area contributed by atoms with Crippen molar-refractivity contribution in [3.05, 3.63) is 35.9 Å².